The highest BCUT2D eigenvalue weighted by Crippen LogP contribution is 2.44. The molecule has 5 heteroatoms. The van der Waals surface area contributed by atoms with Gasteiger partial charge in [-0.05, 0) is 56.7 Å². The summed E-state index contributed by atoms with van der Waals surface area (Å²) in [5.41, 5.74) is 3.41. The molecule has 3 rings (SSSR count). The fourth-order valence-electron chi connectivity index (χ4n) is 4.45. The van der Waals surface area contributed by atoms with Gasteiger partial charge < -0.3 is 14.2 Å². The molecule has 1 aromatic carbocycles. The van der Waals surface area contributed by atoms with E-state index < -0.39 is 6.67 Å². The van der Waals surface area contributed by atoms with Crippen LogP contribution in [0.15, 0.2) is 18.2 Å². The molecule has 0 spiro atoms. The number of benzene rings is 1. The number of amides is 1. The summed E-state index contributed by atoms with van der Waals surface area (Å²) in [6.45, 7) is 9.48. The lowest BCUT2D eigenvalue weighted by Crippen LogP contribution is -2.32. The van der Waals surface area contributed by atoms with Crippen molar-refractivity contribution in [2.45, 2.75) is 65.8 Å². The van der Waals surface area contributed by atoms with Crippen LogP contribution in [0.25, 0.3) is 10.9 Å². The summed E-state index contributed by atoms with van der Waals surface area (Å²) in [5.74, 6) is 1.19. The second-order valence-electron chi connectivity index (χ2n) is 6.91. The number of hydrogen-bond donors (Lipinski definition) is 0. The topological polar surface area (TPSA) is 34.5 Å². The van der Waals surface area contributed by atoms with Gasteiger partial charge in [-0.3, -0.25) is 4.79 Å². The van der Waals surface area contributed by atoms with Crippen molar-refractivity contribution in [3.63, 3.8) is 0 Å². The molecule has 0 N–H and O–H groups in total. The van der Waals surface area contributed by atoms with Gasteiger partial charge >= 0.3 is 0 Å². The van der Waals surface area contributed by atoms with E-state index in [1.54, 1.807) is 7.11 Å². The molecule has 1 aliphatic rings. The standard InChI is InChI=1S/C21H29FN2O2.C2H6/c1-4-23(5-2)19(25)14-15-8-6-9-16-20(15)21-17(24(16)13-12-22)10-7-11-18(21)26-3;1-2/h7,10-11,15H,4-6,8-9,12-14H2,1-3H3;1-2H3. The number of hydrogen-bond acceptors (Lipinski definition) is 2. The van der Waals surface area contributed by atoms with Gasteiger partial charge in [-0.15, -0.1) is 0 Å². The second kappa shape index (κ2) is 10.5. The SMILES string of the molecule is CC.CCN(CC)C(=O)CC1CCCc2c1c1c(OC)cccc1n2CCF. The highest BCUT2D eigenvalue weighted by atomic mass is 19.1. The maximum atomic E-state index is 13.2. The molecule has 1 aromatic heterocycles. The number of alkyl halides is 1. The first-order chi connectivity index (χ1) is 13.7. The van der Waals surface area contributed by atoms with Gasteiger partial charge in [0.25, 0.3) is 0 Å². The number of aryl methyl sites for hydroxylation is 1. The van der Waals surface area contributed by atoms with Crippen LogP contribution in [-0.2, 0) is 17.8 Å². The van der Waals surface area contributed by atoms with E-state index in [9.17, 15) is 9.18 Å². The number of rotatable bonds is 7. The lowest BCUT2D eigenvalue weighted by Gasteiger charge is -2.27. The summed E-state index contributed by atoms with van der Waals surface area (Å²) >= 11 is 0. The van der Waals surface area contributed by atoms with Crippen molar-refractivity contribution in [3.05, 3.63) is 29.5 Å². The summed E-state index contributed by atoms with van der Waals surface area (Å²) < 4.78 is 21.0. The molecule has 1 atom stereocenters. The predicted octanol–water partition coefficient (Wildman–Crippen LogP) is 5.32. The highest BCUT2D eigenvalue weighted by molar-refractivity contribution is 5.93. The first kappa shape index (κ1) is 22.3. The van der Waals surface area contributed by atoms with Crippen LogP contribution in [0.5, 0.6) is 5.75 Å². The Bertz CT molecular complexity index is 780. The van der Waals surface area contributed by atoms with E-state index >= 15 is 0 Å². The molecule has 1 amide bonds. The number of ether oxygens (including phenoxy) is 1. The molecule has 1 aliphatic carbocycles. The first-order valence-corrected chi connectivity index (χ1v) is 10.7. The van der Waals surface area contributed by atoms with Crippen LogP contribution in [0.4, 0.5) is 4.39 Å². The summed E-state index contributed by atoms with van der Waals surface area (Å²) in [6, 6.07) is 5.95. The number of aromatic nitrogens is 1. The van der Waals surface area contributed by atoms with Gasteiger partial charge in [0.05, 0.1) is 19.2 Å². The average Bonchev–Trinajstić information content (AvgIpc) is 3.05. The van der Waals surface area contributed by atoms with Crippen molar-refractivity contribution in [2.75, 3.05) is 26.9 Å². The number of fused-ring (bicyclic) bond motifs is 3. The van der Waals surface area contributed by atoms with E-state index in [0.717, 1.165) is 49.0 Å². The molecule has 0 bridgehead atoms. The van der Waals surface area contributed by atoms with Crippen molar-refractivity contribution < 1.29 is 13.9 Å². The number of nitrogens with zero attached hydrogens (tertiary/aromatic N) is 2. The minimum atomic E-state index is -0.392. The Balaban J connectivity index is 0.00000136. The van der Waals surface area contributed by atoms with Gasteiger partial charge in [-0.25, -0.2) is 4.39 Å². The van der Waals surface area contributed by atoms with Crippen LogP contribution in [0.1, 0.15) is 64.1 Å². The molecule has 0 fully saturated rings. The van der Waals surface area contributed by atoms with Gasteiger partial charge in [0, 0.05) is 30.6 Å². The zero-order valence-corrected chi connectivity index (χ0v) is 18.1. The van der Waals surface area contributed by atoms with Crippen LogP contribution in [0, 0.1) is 0 Å². The third kappa shape index (κ3) is 4.18. The summed E-state index contributed by atoms with van der Waals surface area (Å²) in [7, 11) is 1.67. The molecule has 1 unspecified atom stereocenters. The Morgan fingerprint density at radius 2 is 2.00 bits per heavy atom. The maximum Gasteiger partial charge on any atom is 0.223 e. The Morgan fingerprint density at radius 1 is 1.29 bits per heavy atom. The van der Waals surface area contributed by atoms with E-state index in [1.165, 1.54) is 11.3 Å². The second-order valence-corrected chi connectivity index (χ2v) is 6.91. The molecule has 0 saturated carbocycles. The molecule has 0 radical (unpaired) electrons. The molecule has 156 valence electrons. The summed E-state index contributed by atoms with van der Waals surface area (Å²) in [6.07, 6.45) is 3.48. The molecule has 2 aromatic rings. The zero-order chi connectivity index (χ0) is 20.7. The minimum Gasteiger partial charge on any atom is -0.496 e. The fraction of sp³-hybridized carbons (Fsp3) is 0.609. The predicted molar refractivity (Wildman–Crippen MR) is 114 cm³/mol. The summed E-state index contributed by atoms with van der Waals surface area (Å²) in [5, 5.41) is 1.07. The van der Waals surface area contributed by atoms with E-state index in [-0.39, 0.29) is 11.8 Å². The largest absolute Gasteiger partial charge is 0.496 e. The van der Waals surface area contributed by atoms with Crippen molar-refractivity contribution in [1.82, 2.24) is 9.47 Å². The monoisotopic (exact) mass is 390 g/mol. The van der Waals surface area contributed by atoms with Crippen LogP contribution >= 0.6 is 0 Å². The smallest absolute Gasteiger partial charge is 0.223 e. The fourth-order valence-corrected chi connectivity index (χ4v) is 4.45. The van der Waals surface area contributed by atoms with Crippen LogP contribution in [-0.4, -0.2) is 42.2 Å². The summed E-state index contributed by atoms with van der Waals surface area (Å²) in [4.78, 5) is 14.6. The third-order valence-electron chi connectivity index (χ3n) is 5.64. The number of halogens is 1. The van der Waals surface area contributed by atoms with Crippen LogP contribution < -0.4 is 4.74 Å². The molecule has 4 nitrogen and oxygen atoms in total. The van der Waals surface area contributed by atoms with Gasteiger partial charge in [0.2, 0.25) is 5.91 Å². The Kier molecular flexibility index (Phi) is 8.34. The molecular formula is C23H35FN2O2. The van der Waals surface area contributed by atoms with Crippen molar-refractivity contribution >= 4 is 16.8 Å². The lowest BCUT2D eigenvalue weighted by molar-refractivity contribution is -0.131. The highest BCUT2D eigenvalue weighted by Gasteiger charge is 2.31. The van der Waals surface area contributed by atoms with Crippen molar-refractivity contribution in [1.29, 1.82) is 0 Å². The zero-order valence-electron chi connectivity index (χ0n) is 18.1. The average molecular weight is 391 g/mol. The molecule has 28 heavy (non-hydrogen) atoms. The first-order valence-electron chi connectivity index (χ1n) is 10.7. The van der Waals surface area contributed by atoms with Crippen molar-refractivity contribution in [3.8, 4) is 5.75 Å². The Hall–Kier alpha value is -2.04. The molecular weight excluding hydrogens is 355 g/mol. The number of carbonyl (C=O) groups is 1. The van der Waals surface area contributed by atoms with E-state index in [4.69, 9.17) is 4.74 Å². The number of methoxy groups -OCH3 is 1. The maximum absolute atomic E-state index is 13.2. The van der Waals surface area contributed by atoms with Gasteiger partial charge in [0.15, 0.2) is 0 Å². The minimum absolute atomic E-state index is 0.173. The van der Waals surface area contributed by atoms with Crippen molar-refractivity contribution in [2.24, 2.45) is 0 Å². The Labute approximate surface area is 168 Å². The molecule has 1 heterocycles. The quantitative estimate of drug-likeness (QED) is 0.641. The number of carbonyl (C=O) groups excluding carboxylic acids is 1. The van der Waals surface area contributed by atoms with Crippen LogP contribution in [0.3, 0.4) is 0 Å². The van der Waals surface area contributed by atoms with Gasteiger partial charge in [-0.2, -0.15) is 0 Å². The van der Waals surface area contributed by atoms with E-state index in [1.807, 2.05) is 50.8 Å². The van der Waals surface area contributed by atoms with E-state index in [0.29, 0.717) is 13.0 Å². The molecule has 0 saturated heterocycles. The van der Waals surface area contributed by atoms with Gasteiger partial charge in [0.1, 0.15) is 12.4 Å². The van der Waals surface area contributed by atoms with E-state index in [2.05, 4.69) is 4.57 Å². The Morgan fingerprint density at radius 3 is 2.61 bits per heavy atom. The van der Waals surface area contributed by atoms with Gasteiger partial charge in [-0.1, -0.05) is 19.9 Å². The third-order valence-corrected chi connectivity index (χ3v) is 5.64. The lowest BCUT2D eigenvalue weighted by atomic mass is 9.82. The normalized spacial score (nSPS) is 15.6. The molecule has 0 aliphatic heterocycles. The van der Waals surface area contributed by atoms with Crippen LogP contribution in [0.2, 0.25) is 0 Å².